The summed E-state index contributed by atoms with van der Waals surface area (Å²) in [5, 5.41) is 0. The van der Waals surface area contributed by atoms with E-state index in [1.54, 1.807) is 36.2 Å². The van der Waals surface area contributed by atoms with Gasteiger partial charge in [-0.05, 0) is 122 Å². The largest absolute Gasteiger partial charge is 0.493 e. The molecule has 4 heterocycles. The topological polar surface area (TPSA) is 110 Å². The van der Waals surface area contributed by atoms with Gasteiger partial charge in [0.15, 0.2) is 11.5 Å². The number of carbonyl (C=O) groups excluding carboxylic acids is 3. The van der Waals surface area contributed by atoms with Crippen molar-refractivity contribution in [2.45, 2.75) is 82.9 Å². The molecule has 0 aromatic heterocycles. The number of rotatable bonds is 13. The van der Waals surface area contributed by atoms with Crippen molar-refractivity contribution in [3.63, 3.8) is 0 Å². The molecule has 4 aliphatic heterocycles. The van der Waals surface area contributed by atoms with Crippen LogP contribution in [0.4, 0.5) is 22.7 Å². The number of methoxy groups -OCH3 is 2. The molecule has 63 heavy (non-hydrogen) atoms. The molecule has 3 amide bonds. The minimum absolute atomic E-state index is 0.0328. The van der Waals surface area contributed by atoms with Crippen molar-refractivity contribution >= 4 is 59.3 Å². The summed E-state index contributed by atoms with van der Waals surface area (Å²) < 4.78 is 23.7. The lowest BCUT2D eigenvalue weighted by Crippen LogP contribution is -2.40. The Morgan fingerprint density at radius 3 is 2.16 bits per heavy atom. The van der Waals surface area contributed by atoms with Crippen molar-refractivity contribution in [3.05, 3.63) is 136 Å². The van der Waals surface area contributed by atoms with Crippen molar-refractivity contribution in [1.29, 1.82) is 0 Å². The van der Waals surface area contributed by atoms with Crippen molar-refractivity contribution < 1.29 is 33.3 Å². The average molecular weight is 865 g/mol. The van der Waals surface area contributed by atoms with Crippen LogP contribution in [-0.4, -0.2) is 68.1 Å². The van der Waals surface area contributed by atoms with E-state index in [2.05, 4.69) is 6.07 Å². The molecule has 0 aliphatic carbocycles. The lowest BCUT2D eigenvalue weighted by molar-refractivity contribution is -0.119. The van der Waals surface area contributed by atoms with Crippen molar-refractivity contribution in [1.82, 2.24) is 0 Å². The number of hydrogen-bond donors (Lipinski definition) is 1. The zero-order valence-electron chi connectivity index (χ0n) is 36.4. The molecule has 12 heteroatoms. The highest BCUT2D eigenvalue weighted by Gasteiger charge is 2.38. The minimum Gasteiger partial charge on any atom is -0.493 e. The number of aryl methyl sites for hydroxylation is 2. The molecule has 9 rings (SSSR count). The number of anilines is 3. The van der Waals surface area contributed by atoms with Gasteiger partial charge in [0.05, 0.1) is 37.4 Å². The molecular formula is C51H52N4O7S. The molecule has 5 aromatic carbocycles. The van der Waals surface area contributed by atoms with Gasteiger partial charge in [0.1, 0.15) is 19.0 Å². The van der Waals surface area contributed by atoms with E-state index in [-0.39, 0.29) is 56.0 Å². The number of aliphatic imine (C=N–C) groups is 1. The van der Waals surface area contributed by atoms with Gasteiger partial charge in [-0.2, -0.15) is 12.6 Å². The van der Waals surface area contributed by atoms with Gasteiger partial charge < -0.3 is 28.7 Å². The summed E-state index contributed by atoms with van der Waals surface area (Å²) >= 11 is 4.82. The summed E-state index contributed by atoms with van der Waals surface area (Å²) in [6.07, 6.45) is 5.20. The summed E-state index contributed by atoms with van der Waals surface area (Å²) in [7, 11) is 3.13. The molecule has 0 bridgehead atoms. The van der Waals surface area contributed by atoms with Crippen molar-refractivity contribution in [2.24, 2.45) is 4.99 Å². The van der Waals surface area contributed by atoms with Gasteiger partial charge in [0.2, 0.25) is 5.91 Å². The van der Waals surface area contributed by atoms with Gasteiger partial charge in [-0.3, -0.25) is 24.3 Å². The third kappa shape index (κ3) is 8.41. The zero-order chi connectivity index (χ0) is 44.0. The summed E-state index contributed by atoms with van der Waals surface area (Å²) in [6.45, 7) is 6.84. The van der Waals surface area contributed by atoms with E-state index in [1.165, 1.54) is 5.56 Å². The van der Waals surface area contributed by atoms with E-state index < -0.39 is 4.75 Å². The maximum atomic E-state index is 14.1. The molecule has 0 N–H and O–H groups in total. The van der Waals surface area contributed by atoms with Gasteiger partial charge in [-0.1, -0.05) is 36.4 Å². The first-order valence-corrected chi connectivity index (χ1v) is 22.0. The fourth-order valence-electron chi connectivity index (χ4n) is 9.32. The number of hydrogen-bond acceptors (Lipinski definition) is 9. The van der Waals surface area contributed by atoms with E-state index in [0.717, 1.165) is 58.5 Å². The molecule has 2 atom stereocenters. The highest BCUT2D eigenvalue weighted by Crippen LogP contribution is 2.42. The van der Waals surface area contributed by atoms with Crippen LogP contribution in [0.5, 0.6) is 17.2 Å². The van der Waals surface area contributed by atoms with Crippen LogP contribution in [0.25, 0.3) is 0 Å². The monoisotopic (exact) mass is 864 g/mol. The van der Waals surface area contributed by atoms with Crippen LogP contribution in [0.3, 0.4) is 0 Å². The second kappa shape index (κ2) is 17.2. The zero-order valence-corrected chi connectivity index (χ0v) is 37.2. The minimum atomic E-state index is -0.510. The molecule has 0 saturated carbocycles. The maximum Gasteiger partial charge on any atom is 0.261 e. The van der Waals surface area contributed by atoms with Gasteiger partial charge in [-0.15, -0.1) is 0 Å². The maximum absolute atomic E-state index is 14.1. The molecule has 0 saturated heterocycles. The Hall–Kier alpha value is -6.11. The number of nitrogens with zero attached hydrogens (tertiary/aromatic N) is 4. The lowest BCUT2D eigenvalue weighted by Gasteiger charge is -2.30. The van der Waals surface area contributed by atoms with Crippen LogP contribution < -0.4 is 28.9 Å². The number of thiol groups is 1. The first kappa shape index (κ1) is 42.2. The van der Waals surface area contributed by atoms with Crippen LogP contribution in [0, 0.1) is 6.92 Å². The lowest BCUT2D eigenvalue weighted by atomic mass is 9.98. The Balaban J connectivity index is 1.01. The Bertz CT molecular complexity index is 2660. The first-order chi connectivity index (χ1) is 30.4. The molecule has 324 valence electrons. The third-order valence-corrected chi connectivity index (χ3v) is 12.4. The van der Waals surface area contributed by atoms with Crippen LogP contribution in [0.1, 0.15) is 80.8 Å². The van der Waals surface area contributed by atoms with Gasteiger partial charge in [0.25, 0.3) is 11.8 Å². The summed E-state index contributed by atoms with van der Waals surface area (Å²) in [5.41, 5.74) is 9.99. The number of amides is 3. The van der Waals surface area contributed by atoms with E-state index in [9.17, 15) is 14.4 Å². The Morgan fingerprint density at radius 2 is 1.46 bits per heavy atom. The summed E-state index contributed by atoms with van der Waals surface area (Å²) in [4.78, 5) is 52.2. The standard InChI is InChI=1S/C51H52N4O7S/c1-31-18-40-34(14-15-37-22-35-10-6-8-12-43(35)54(37)49(40)57)24-45(31)61-28-32-19-33(21-38(20-32)53(30-51(2,3)63)48(56)16-17-59-4)29-62-47-26-42-41(25-46(47)60-5)50(58)55-39(27-52-42)23-36-11-7-9-13-44(36)55/h6-13,18-21,24-27,37,39,63H,14-17,22-23,28-30H2,1-5H3/t37-,39+/m1/s1. The molecule has 0 radical (unpaired) electrons. The molecule has 0 spiro atoms. The number of benzene rings is 5. The van der Waals surface area contributed by atoms with Crippen LogP contribution >= 0.6 is 12.6 Å². The molecule has 0 unspecified atom stereocenters. The Morgan fingerprint density at radius 1 is 0.794 bits per heavy atom. The van der Waals surface area contributed by atoms with Crippen molar-refractivity contribution in [2.75, 3.05) is 42.1 Å². The molecule has 0 fully saturated rings. The quantitative estimate of drug-likeness (QED) is 0.118. The number of carbonyl (C=O) groups is 3. The predicted molar refractivity (Wildman–Crippen MR) is 249 cm³/mol. The van der Waals surface area contributed by atoms with Crippen molar-refractivity contribution in [3.8, 4) is 17.2 Å². The smallest absolute Gasteiger partial charge is 0.261 e. The fourth-order valence-corrected chi connectivity index (χ4v) is 9.46. The van der Waals surface area contributed by atoms with Gasteiger partial charge in [-0.25, -0.2) is 0 Å². The number of ether oxygens (including phenoxy) is 4. The molecule has 5 aromatic rings. The van der Waals surface area contributed by atoms with Crippen LogP contribution in [-0.2, 0) is 42.0 Å². The Labute approximate surface area is 374 Å². The van der Waals surface area contributed by atoms with Crippen LogP contribution in [0.15, 0.2) is 96.0 Å². The van der Waals surface area contributed by atoms with E-state index in [4.69, 9.17) is 36.6 Å². The van der Waals surface area contributed by atoms with Gasteiger partial charge >= 0.3 is 0 Å². The highest BCUT2D eigenvalue weighted by atomic mass is 32.1. The predicted octanol–water partition coefficient (Wildman–Crippen LogP) is 9.04. The average Bonchev–Trinajstić information content (AvgIpc) is 3.77. The normalized spacial score (nSPS) is 17.2. The fraction of sp³-hybridized carbons (Fsp3) is 0.333. The second-order valence-electron chi connectivity index (χ2n) is 17.5. The summed E-state index contributed by atoms with van der Waals surface area (Å²) in [5.74, 6) is 1.31. The van der Waals surface area contributed by atoms with E-state index in [0.29, 0.717) is 52.7 Å². The molecule has 11 nitrogen and oxygen atoms in total. The second-order valence-corrected chi connectivity index (χ2v) is 18.7. The van der Waals surface area contributed by atoms with Crippen LogP contribution in [0.2, 0.25) is 0 Å². The third-order valence-electron chi connectivity index (χ3n) is 12.3. The summed E-state index contributed by atoms with van der Waals surface area (Å²) in [6, 6.07) is 29.4. The number of fused-ring (bicyclic) bond motifs is 8. The van der Waals surface area contributed by atoms with E-state index >= 15 is 0 Å². The highest BCUT2D eigenvalue weighted by molar-refractivity contribution is 7.81. The first-order valence-electron chi connectivity index (χ1n) is 21.5. The SMILES string of the molecule is COCCC(=O)N(CC(C)(C)S)c1cc(COc2cc3c(cc2C)C(=O)N2c4ccccc4C[C@H]2CC3)cc(COc2cc3c(cc2OC)C(=O)N2c4ccccc4C[C@H]2C=N3)c1. The number of para-hydroxylation sites is 2. The van der Waals surface area contributed by atoms with Gasteiger partial charge in [0, 0.05) is 65.8 Å². The molecular weight excluding hydrogens is 813 g/mol. The molecule has 4 aliphatic rings. The van der Waals surface area contributed by atoms with E-state index in [1.807, 2.05) is 105 Å². The Kier molecular flexibility index (Phi) is 11.5.